The van der Waals surface area contributed by atoms with Crippen molar-refractivity contribution in [2.24, 2.45) is 31.1 Å². The van der Waals surface area contributed by atoms with E-state index in [2.05, 4.69) is 24.9 Å². The van der Waals surface area contributed by atoms with Crippen molar-refractivity contribution in [2.75, 3.05) is 14.1 Å². The molecule has 0 spiro atoms. The van der Waals surface area contributed by atoms with Crippen LogP contribution in [-0.2, 0) is 61.6 Å². The van der Waals surface area contributed by atoms with Crippen LogP contribution in [0.25, 0.3) is 0 Å². The predicted octanol–water partition coefficient (Wildman–Crippen LogP) is -3.01. The minimum Gasteiger partial charge on any atom is -0.747 e. The molecule has 0 saturated heterocycles. The summed E-state index contributed by atoms with van der Waals surface area (Å²) in [4.78, 5) is 19.5. The van der Waals surface area contributed by atoms with Crippen molar-refractivity contribution >= 4 is 65.6 Å². The van der Waals surface area contributed by atoms with Crippen LogP contribution in [0.4, 0.5) is 0 Å². The lowest BCUT2D eigenvalue weighted by molar-refractivity contribution is -0.780. The van der Waals surface area contributed by atoms with Crippen LogP contribution in [0, 0.1) is 20.8 Å². The number of aliphatic imine (C=N–C) groups is 2. The summed E-state index contributed by atoms with van der Waals surface area (Å²) in [6.45, 7) is 4.91. The Bertz CT molecular complexity index is 3120. The third kappa shape index (κ3) is 12.8. The van der Waals surface area contributed by atoms with E-state index in [0.717, 1.165) is 0 Å². The van der Waals surface area contributed by atoms with Crippen LogP contribution in [-0.4, -0.2) is 156 Å². The molecule has 2 aliphatic heterocycles. The highest BCUT2D eigenvalue weighted by atomic mass is 32.2. The van der Waals surface area contributed by atoms with E-state index in [1.54, 1.807) is 140 Å². The second kappa shape index (κ2) is 21.4. The van der Waals surface area contributed by atoms with Gasteiger partial charge in [0.25, 0.3) is 12.7 Å². The summed E-state index contributed by atoms with van der Waals surface area (Å²) in [5, 5.41) is -2.42. The van der Waals surface area contributed by atoms with Crippen LogP contribution in [0.3, 0.4) is 0 Å². The summed E-state index contributed by atoms with van der Waals surface area (Å²) in [6.07, 6.45) is 22.8. The highest BCUT2D eigenvalue weighted by Gasteiger charge is 2.44. The molecule has 31 heteroatoms. The number of pyridine rings is 1. The standard InChI is InChI=1S/C11H13N3O3S.2C9H13N4O3S.C9H12N4O3S/c1-9-12-6-8-14(9)11(18(15,16)17)10-5-3-4-7-13(10)2;1-12-5-10-3-7(12)9(17(14,15)16)8-4-11-6-13(8)2;1-10-5-3-7-12(10)9(17(14,15)16)13-8-4-6-11(13)2;1-7-10-3-5-12(7)9(17(14,15)16)13-6-4-11-8(13)2/h3-8,11H,1-2H3;2*3-9H,1-2H3;3-6,9H,1-2H3,(H,14,15,16)/q;2*+1;/p-1. The fourth-order valence-corrected chi connectivity index (χ4v) is 11.4. The first-order valence-corrected chi connectivity index (χ1v) is 26.0. The first kappa shape index (κ1) is 53.5. The minimum absolute atomic E-state index is 0.397. The number of aryl methyl sites for hydroxylation is 6. The van der Waals surface area contributed by atoms with Crippen molar-refractivity contribution < 1.29 is 75.0 Å². The summed E-state index contributed by atoms with van der Waals surface area (Å²) in [5.41, 5.74) is -2.32. The fourth-order valence-electron chi connectivity index (χ4n) is 7.23. The Morgan fingerprint density at radius 1 is 0.522 bits per heavy atom. The number of imidazole rings is 3. The van der Waals surface area contributed by atoms with Crippen LogP contribution in [0.5, 0.6) is 0 Å². The van der Waals surface area contributed by atoms with Gasteiger partial charge in [-0.05, 0) is 26.8 Å². The number of hydrogen-bond acceptors (Lipinski definition) is 17. The lowest BCUT2D eigenvalue weighted by atomic mass is 10.1. The molecule has 8 heterocycles. The molecule has 2 aliphatic rings. The molecule has 6 aromatic heterocycles. The Balaban J connectivity index is 0.000000172. The number of aromatic nitrogens is 11. The van der Waals surface area contributed by atoms with E-state index >= 15 is 0 Å². The van der Waals surface area contributed by atoms with Crippen LogP contribution in [0.2, 0.25) is 0 Å². The molecule has 0 aliphatic carbocycles. The summed E-state index contributed by atoms with van der Waals surface area (Å²) in [7, 11) is -9.67. The lowest BCUT2D eigenvalue weighted by Gasteiger charge is -2.25. The van der Waals surface area contributed by atoms with Gasteiger partial charge in [0.2, 0.25) is 16.6 Å². The van der Waals surface area contributed by atoms with Gasteiger partial charge in [0.1, 0.15) is 70.2 Å². The molecule has 3 unspecified atom stereocenters. The van der Waals surface area contributed by atoms with Gasteiger partial charge >= 0.3 is 5.50 Å². The summed E-state index contributed by atoms with van der Waals surface area (Å²) < 4.78 is 152. The molecular formula is C38H50N15O12S4+. The van der Waals surface area contributed by atoms with Gasteiger partial charge in [-0.3, -0.25) is 9.15 Å². The first-order valence-electron chi connectivity index (χ1n) is 20.1. The molecule has 8 rings (SSSR count). The van der Waals surface area contributed by atoms with Crippen LogP contribution < -0.4 is 13.9 Å². The van der Waals surface area contributed by atoms with E-state index in [1.807, 2.05) is 0 Å². The number of rotatable bonds is 12. The maximum Gasteiger partial charge on any atom is 0.302 e. The predicted molar refractivity (Wildman–Crippen MR) is 238 cm³/mol. The zero-order valence-corrected chi connectivity index (χ0v) is 41.5. The minimum atomic E-state index is -4.56. The highest BCUT2D eigenvalue weighted by molar-refractivity contribution is 7.86. The molecular weight excluding hydrogens is 987 g/mol. The summed E-state index contributed by atoms with van der Waals surface area (Å²) in [5.74, 6) is 1.37. The summed E-state index contributed by atoms with van der Waals surface area (Å²) >= 11 is 0. The van der Waals surface area contributed by atoms with Gasteiger partial charge < -0.3 is 31.9 Å². The second-order valence-corrected chi connectivity index (χ2v) is 21.1. The van der Waals surface area contributed by atoms with E-state index in [0.29, 0.717) is 23.2 Å². The SMILES string of the molecule is C[N+]1=CN=CC1C(C1C=NC=[N+]1C)S(=O)(=O)[O-].C[n+]1cccn1C(n1ccc[n+]1C)S(=O)(=O)[O-].Cc1nccn1C(c1cccc[n+]1C)S(=O)(=O)[O-].Cc1nccn1C(n1ccnc1C)S(=O)(=O)[O-]. The molecule has 372 valence electrons. The van der Waals surface area contributed by atoms with Crippen molar-refractivity contribution in [1.82, 2.24) is 38.0 Å². The Labute approximate surface area is 398 Å². The van der Waals surface area contributed by atoms with Crippen LogP contribution in [0.1, 0.15) is 39.5 Å². The molecule has 0 N–H and O–H groups in total. The van der Waals surface area contributed by atoms with Gasteiger partial charge in [0.15, 0.2) is 57.2 Å². The summed E-state index contributed by atoms with van der Waals surface area (Å²) in [6, 6.07) is 7.30. The van der Waals surface area contributed by atoms with Crippen LogP contribution in [0.15, 0.2) is 108 Å². The van der Waals surface area contributed by atoms with E-state index in [9.17, 15) is 51.9 Å². The van der Waals surface area contributed by atoms with Crippen molar-refractivity contribution in [3.05, 3.63) is 122 Å². The average molecular weight is 1040 g/mol. The Morgan fingerprint density at radius 3 is 1.23 bits per heavy atom. The van der Waals surface area contributed by atoms with Crippen molar-refractivity contribution in [3.8, 4) is 0 Å². The van der Waals surface area contributed by atoms with Crippen molar-refractivity contribution in [1.29, 1.82) is 0 Å². The quantitative estimate of drug-likeness (QED) is 0.0871. The van der Waals surface area contributed by atoms with E-state index in [1.165, 1.54) is 85.4 Å². The van der Waals surface area contributed by atoms with E-state index in [-0.39, 0.29) is 0 Å². The third-order valence-electron chi connectivity index (χ3n) is 10.6. The van der Waals surface area contributed by atoms with Crippen molar-refractivity contribution in [2.45, 2.75) is 54.5 Å². The topological polar surface area (TPSA) is 334 Å². The third-order valence-corrected chi connectivity index (χ3v) is 14.8. The molecule has 0 radical (unpaired) electrons. The van der Waals surface area contributed by atoms with E-state index < -0.39 is 74.2 Å². The van der Waals surface area contributed by atoms with Gasteiger partial charge in [-0.25, -0.2) is 53.2 Å². The molecule has 0 saturated carbocycles. The van der Waals surface area contributed by atoms with Gasteiger partial charge in [-0.1, -0.05) is 9.98 Å². The molecule has 0 amide bonds. The Morgan fingerprint density at radius 2 is 0.942 bits per heavy atom. The zero-order valence-electron chi connectivity index (χ0n) is 38.3. The maximum absolute atomic E-state index is 11.5. The first-order chi connectivity index (χ1) is 32.1. The lowest BCUT2D eigenvalue weighted by Crippen LogP contribution is -2.51. The van der Waals surface area contributed by atoms with E-state index in [4.69, 9.17) is 0 Å². The largest absolute Gasteiger partial charge is 0.747 e. The zero-order chi connectivity index (χ0) is 51.2. The van der Waals surface area contributed by atoms with Crippen molar-refractivity contribution in [3.63, 3.8) is 0 Å². The smallest absolute Gasteiger partial charge is 0.302 e. The Kier molecular flexibility index (Phi) is 16.6. The second-order valence-electron chi connectivity index (χ2n) is 15.4. The molecule has 6 aromatic rings. The number of hydrogen-bond donors (Lipinski definition) is 0. The van der Waals surface area contributed by atoms with Gasteiger partial charge in [0, 0.05) is 61.4 Å². The highest BCUT2D eigenvalue weighted by Crippen LogP contribution is 2.23. The molecule has 0 fully saturated rings. The maximum atomic E-state index is 11.5. The monoisotopic (exact) mass is 1040 g/mol. The molecule has 0 bridgehead atoms. The molecule has 27 nitrogen and oxygen atoms in total. The van der Waals surface area contributed by atoms with Gasteiger partial charge in [-0.15, -0.1) is 18.7 Å². The Hall–Kier alpha value is -6.48. The van der Waals surface area contributed by atoms with Gasteiger partial charge in [-0.2, -0.15) is 0 Å². The number of nitrogens with zero attached hydrogens (tertiary/aromatic N) is 15. The fraction of sp³-hybridized carbons (Fsp3) is 0.368. The molecule has 3 atom stereocenters. The van der Waals surface area contributed by atoms with Crippen LogP contribution >= 0.6 is 0 Å². The average Bonchev–Trinajstić information content (AvgIpc) is 4.12. The van der Waals surface area contributed by atoms with Gasteiger partial charge in [0.05, 0.1) is 26.5 Å². The normalized spacial score (nSPS) is 16.8. The molecule has 69 heavy (non-hydrogen) atoms. The molecule has 0 aromatic carbocycles.